The third-order valence-electron chi connectivity index (χ3n) is 2.90. The molecule has 100 valence electrons. The van der Waals surface area contributed by atoms with E-state index in [1.807, 2.05) is 24.3 Å². The van der Waals surface area contributed by atoms with Gasteiger partial charge in [-0.3, -0.25) is 9.89 Å². The number of amides is 1. The van der Waals surface area contributed by atoms with Crippen molar-refractivity contribution in [3.8, 4) is 0 Å². The number of nitrogen functional groups attached to an aromatic ring is 1. The zero-order valence-electron chi connectivity index (χ0n) is 10.4. The maximum Gasteiger partial charge on any atom is 0.276 e. The van der Waals surface area contributed by atoms with Crippen molar-refractivity contribution in [2.24, 2.45) is 0 Å². The van der Waals surface area contributed by atoms with E-state index in [9.17, 15) is 4.79 Å². The smallest absolute Gasteiger partial charge is 0.276 e. The van der Waals surface area contributed by atoms with Gasteiger partial charge < -0.3 is 11.1 Å². The molecular formula is C14H11IN4O. The highest BCUT2D eigenvalue weighted by atomic mass is 127. The summed E-state index contributed by atoms with van der Waals surface area (Å²) < 4.78 is 1.11. The molecule has 1 heterocycles. The van der Waals surface area contributed by atoms with Crippen molar-refractivity contribution in [2.45, 2.75) is 0 Å². The Morgan fingerprint density at radius 2 is 1.95 bits per heavy atom. The van der Waals surface area contributed by atoms with Gasteiger partial charge in [-0.25, -0.2) is 0 Å². The van der Waals surface area contributed by atoms with Gasteiger partial charge in [0.1, 0.15) is 0 Å². The summed E-state index contributed by atoms with van der Waals surface area (Å²) >= 11 is 2.21. The highest BCUT2D eigenvalue weighted by Crippen LogP contribution is 2.20. The maximum absolute atomic E-state index is 12.2. The number of halogens is 1. The molecule has 3 aromatic rings. The Hall–Kier alpha value is -2.09. The second-order valence-electron chi connectivity index (χ2n) is 4.34. The van der Waals surface area contributed by atoms with Gasteiger partial charge in [0, 0.05) is 20.3 Å². The van der Waals surface area contributed by atoms with Crippen LogP contribution in [0.25, 0.3) is 10.9 Å². The van der Waals surface area contributed by atoms with Crippen molar-refractivity contribution in [2.75, 3.05) is 11.1 Å². The summed E-state index contributed by atoms with van der Waals surface area (Å²) in [6.45, 7) is 0. The zero-order chi connectivity index (χ0) is 14.1. The molecule has 0 unspecified atom stereocenters. The van der Waals surface area contributed by atoms with Crippen molar-refractivity contribution in [3.63, 3.8) is 0 Å². The van der Waals surface area contributed by atoms with Crippen LogP contribution in [0.5, 0.6) is 0 Å². The predicted octanol–water partition coefficient (Wildman–Crippen LogP) is 3.00. The summed E-state index contributed by atoms with van der Waals surface area (Å²) in [6.07, 6.45) is 0. The van der Waals surface area contributed by atoms with Crippen LogP contribution in [-0.2, 0) is 0 Å². The summed E-state index contributed by atoms with van der Waals surface area (Å²) in [6, 6.07) is 12.9. The van der Waals surface area contributed by atoms with Gasteiger partial charge in [0.15, 0.2) is 5.69 Å². The topological polar surface area (TPSA) is 83.8 Å². The number of aromatic amines is 1. The molecule has 0 aliphatic heterocycles. The molecule has 0 atom stereocenters. The highest BCUT2D eigenvalue weighted by Gasteiger charge is 2.14. The van der Waals surface area contributed by atoms with Crippen LogP contribution in [0.3, 0.4) is 0 Å². The molecule has 1 aromatic heterocycles. The molecule has 0 bridgehead atoms. The lowest BCUT2D eigenvalue weighted by atomic mass is 10.2. The molecule has 6 heteroatoms. The summed E-state index contributed by atoms with van der Waals surface area (Å²) in [4.78, 5) is 12.2. The van der Waals surface area contributed by atoms with Crippen molar-refractivity contribution in [1.29, 1.82) is 0 Å². The summed E-state index contributed by atoms with van der Waals surface area (Å²) in [5.41, 5.74) is 8.20. The molecule has 20 heavy (non-hydrogen) atoms. The van der Waals surface area contributed by atoms with Gasteiger partial charge in [0.05, 0.1) is 5.52 Å². The molecule has 0 saturated carbocycles. The lowest BCUT2D eigenvalue weighted by Gasteiger charge is -2.03. The van der Waals surface area contributed by atoms with E-state index in [0.717, 1.165) is 14.8 Å². The van der Waals surface area contributed by atoms with E-state index in [2.05, 4.69) is 38.1 Å². The first kappa shape index (κ1) is 12.9. The molecule has 2 aromatic carbocycles. The molecule has 5 nitrogen and oxygen atoms in total. The van der Waals surface area contributed by atoms with Crippen LogP contribution < -0.4 is 11.1 Å². The lowest BCUT2D eigenvalue weighted by Crippen LogP contribution is -2.12. The van der Waals surface area contributed by atoms with Crippen LogP contribution in [0, 0.1) is 3.57 Å². The number of hydrogen-bond donors (Lipinski definition) is 3. The van der Waals surface area contributed by atoms with E-state index in [1.165, 1.54) is 0 Å². The Labute approximate surface area is 128 Å². The number of nitrogens with two attached hydrogens (primary N) is 1. The molecule has 0 spiro atoms. The minimum atomic E-state index is -0.261. The first-order chi connectivity index (χ1) is 9.63. The van der Waals surface area contributed by atoms with Gasteiger partial charge in [0.25, 0.3) is 5.91 Å². The SMILES string of the molecule is Nc1ccc2[nH]nc(C(=O)Nc3ccc(I)cc3)c2c1. The second kappa shape index (κ2) is 5.12. The van der Waals surface area contributed by atoms with E-state index < -0.39 is 0 Å². The number of nitrogens with one attached hydrogen (secondary N) is 2. The van der Waals surface area contributed by atoms with Gasteiger partial charge in [-0.15, -0.1) is 0 Å². The van der Waals surface area contributed by atoms with Gasteiger partial charge in [-0.1, -0.05) is 0 Å². The van der Waals surface area contributed by atoms with Gasteiger partial charge in [-0.05, 0) is 65.1 Å². The van der Waals surface area contributed by atoms with Crippen LogP contribution in [0.2, 0.25) is 0 Å². The van der Waals surface area contributed by atoms with Crippen molar-refractivity contribution < 1.29 is 4.79 Å². The fourth-order valence-electron chi connectivity index (χ4n) is 1.93. The molecule has 4 N–H and O–H groups in total. The fourth-order valence-corrected chi connectivity index (χ4v) is 2.29. The first-order valence-electron chi connectivity index (χ1n) is 5.94. The lowest BCUT2D eigenvalue weighted by molar-refractivity contribution is 0.102. The van der Waals surface area contributed by atoms with Crippen LogP contribution in [0.4, 0.5) is 11.4 Å². The van der Waals surface area contributed by atoms with Gasteiger partial charge >= 0.3 is 0 Å². The number of carbonyl (C=O) groups is 1. The van der Waals surface area contributed by atoms with Crippen LogP contribution in [0.1, 0.15) is 10.5 Å². The third kappa shape index (κ3) is 2.46. The number of carbonyl (C=O) groups excluding carboxylic acids is 1. The Morgan fingerprint density at radius 3 is 2.70 bits per heavy atom. The maximum atomic E-state index is 12.2. The molecule has 0 radical (unpaired) electrons. The Morgan fingerprint density at radius 1 is 1.20 bits per heavy atom. The zero-order valence-corrected chi connectivity index (χ0v) is 12.5. The van der Waals surface area contributed by atoms with Gasteiger partial charge in [-0.2, -0.15) is 5.10 Å². The molecule has 0 saturated heterocycles. The minimum Gasteiger partial charge on any atom is -0.399 e. The number of fused-ring (bicyclic) bond motifs is 1. The highest BCUT2D eigenvalue weighted by molar-refractivity contribution is 14.1. The van der Waals surface area contributed by atoms with Crippen LogP contribution in [0.15, 0.2) is 42.5 Å². The van der Waals surface area contributed by atoms with E-state index in [4.69, 9.17) is 5.73 Å². The molecular weight excluding hydrogens is 367 g/mol. The second-order valence-corrected chi connectivity index (χ2v) is 5.58. The standard InChI is InChI=1S/C14H11IN4O/c15-8-1-4-10(5-2-8)17-14(20)13-11-7-9(16)3-6-12(11)18-19-13/h1-7H,16H2,(H,17,20)(H,18,19). The number of anilines is 2. The quantitative estimate of drug-likeness (QED) is 0.474. The number of rotatable bonds is 2. The Kier molecular flexibility index (Phi) is 3.31. The Bertz CT molecular complexity index is 779. The van der Waals surface area contributed by atoms with E-state index in [-0.39, 0.29) is 5.91 Å². The monoisotopic (exact) mass is 378 g/mol. The van der Waals surface area contributed by atoms with Crippen LogP contribution >= 0.6 is 22.6 Å². The number of hydrogen-bond acceptors (Lipinski definition) is 3. The summed E-state index contributed by atoms with van der Waals surface area (Å²) in [7, 11) is 0. The third-order valence-corrected chi connectivity index (χ3v) is 3.62. The molecule has 0 aliphatic rings. The van der Waals surface area contributed by atoms with Crippen LogP contribution in [-0.4, -0.2) is 16.1 Å². The largest absolute Gasteiger partial charge is 0.399 e. The van der Waals surface area contributed by atoms with E-state index in [1.54, 1.807) is 18.2 Å². The molecule has 3 rings (SSSR count). The van der Waals surface area contributed by atoms with E-state index in [0.29, 0.717) is 16.8 Å². The number of H-pyrrole nitrogens is 1. The summed E-state index contributed by atoms with van der Waals surface area (Å²) in [5, 5.41) is 10.4. The number of aromatic nitrogens is 2. The van der Waals surface area contributed by atoms with E-state index >= 15 is 0 Å². The fraction of sp³-hybridized carbons (Fsp3) is 0. The summed E-state index contributed by atoms with van der Waals surface area (Å²) in [5.74, 6) is -0.261. The first-order valence-corrected chi connectivity index (χ1v) is 7.02. The van der Waals surface area contributed by atoms with Crippen molar-refractivity contribution in [1.82, 2.24) is 10.2 Å². The number of nitrogens with zero attached hydrogens (tertiary/aromatic N) is 1. The van der Waals surface area contributed by atoms with Gasteiger partial charge in [0.2, 0.25) is 0 Å². The van der Waals surface area contributed by atoms with Crippen molar-refractivity contribution in [3.05, 3.63) is 51.7 Å². The predicted molar refractivity (Wildman–Crippen MR) is 87.6 cm³/mol. The molecule has 0 fully saturated rings. The van der Waals surface area contributed by atoms with Crippen molar-refractivity contribution >= 4 is 50.8 Å². The minimum absolute atomic E-state index is 0.261. The Balaban J connectivity index is 1.92. The average molecular weight is 378 g/mol. The number of benzene rings is 2. The molecule has 0 aliphatic carbocycles. The average Bonchev–Trinajstić information content (AvgIpc) is 2.84. The normalized spacial score (nSPS) is 10.7. The molecule has 1 amide bonds.